The van der Waals surface area contributed by atoms with E-state index in [1.807, 2.05) is 18.2 Å². The standard InChI is InChI=1S/C15H12N6OS/c22-14(17-6-4-9-3-1-2-5-16-9)12-11-10-13(19-7-18-11)20-8-21-15(10)23-12/h1-3,5,7-8H,4,6H2,(H,17,22)(H,18,19,20,21). The van der Waals surface area contributed by atoms with E-state index >= 15 is 0 Å². The number of nitrogens with zero attached hydrogens (tertiary/aromatic N) is 4. The van der Waals surface area contributed by atoms with Crippen molar-refractivity contribution in [3.05, 3.63) is 41.3 Å². The molecule has 3 aromatic rings. The quantitative estimate of drug-likeness (QED) is 0.767. The molecule has 0 spiro atoms. The van der Waals surface area contributed by atoms with Gasteiger partial charge >= 0.3 is 0 Å². The van der Waals surface area contributed by atoms with Gasteiger partial charge in [0.2, 0.25) is 0 Å². The SMILES string of the molecule is O=C(NCCc1ccccn1)c1sc2ncnc3c2c1NC=N3. The number of aromatic nitrogens is 3. The number of carbonyl (C=O) groups excluding carboxylic acids is 1. The van der Waals surface area contributed by atoms with Gasteiger partial charge in [0.15, 0.2) is 5.82 Å². The molecule has 0 saturated heterocycles. The Bertz CT molecular complexity index is 905. The molecule has 1 aliphatic rings. The summed E-state index contributed by atoms with van der Waals surface area (Å²) in [5.41, 5.74) is 1.68. The lowest BCUT2D eigenvalue weighted by Crippen LogP contribution is -2.25. The molecule has 4 rings (SSSR count). The van der Waals surface area contributed by atoms with Crippen LogP contribution in [0.3, 0.4) is 0 Å². The van der Waals surface area contributed by atoms with Crippen LogP contribution in [0.2, 0.25) is 0 Å². The third-order valence-corrected chi connectivity index (χ3v) is 4.56. The van der Waals surface area contributed by atoms with Crippen LogP contribution in [0.25, 0.3) is 10.2 Å². The second-order valence-corrected chi connectivity index (χ2v) is 5.91. The molecule has 0 unspecified atom stereocenters. The van der Waals surface area contributed by atoms with Gasteiger partial charge < -0.3 is 10.6 Å². The molecule has 4 heterocycles. The van der Waals surface area contributed by atoms with Crippen LogP contribution in [0.4, 0.5) is 11.5 Å². The molecule has 3 aromatic heterocycles. The Morgan fingerprint density at radius 1 is 1.26 bits per heavy atom. The maximum Gasteiger partial charge on any atom is 0.263 e. The second kappa shape index (κ2) is 5.73. The lowest BCUT2D eigenvalue weighted by molar-refractivity contribution is 0.0959. The van der Waals surface area contributed by atoms with E-state index in [0.717, 1.165) is 21.6 Å². The molecule has 8 heteroatoms. The largest absolute Gasteiger partial charge is 0.351 e. The molecule has 0 radical (unpaired) electrons. The van der Waals surface area contributed by atoms with Crippen molar-refractivity contribution < 1.29 is 4.79 Å². The molecule has 1 amide bonds. The highest BCUT2D eigenvalue weighted by atomic mass is 32.1. The third-order valence-electron chi connectivity index (χ3n) is 3.46. The van der Waals surface area contributed by atoms with Crippen molar-refractivity contribution in [3.63, 3.8) is 0 Å². The predicted molar refractivity (Wildman–Crippen MR) is 89.5 cm³/mol. The fourth-order valence-corrected chi connectivity index (χ4v) is 3.42. The van der Waals surface area contributed by atoms with Crippen LogP contribution in [0, 0.1) is 0 Å². The van der Waals surface area contributed by atoms with Gasteiger partial charge in [0, 0.05) is 24.9 Å². The average molecular weight is 324 g/mol. The summed E-state index contributed by atoms with van der Waals surface area (Å²) in [4.78, 5) is 30.6. The van der Waals surface area contributed by atoms with Crippen molar-refractivity contribution >= 4 is 45.3 Å². The Labute approximate surface area is 135 Å². The maximum absolute atomic E-state index is 12.5. The Balaban J connectivity index is 1.53. The number of aliphatic imine (C=N–C) groups is 1. The van der Waals surface area contributed by atoms with Crippen LogP contribution >= 0.6 is 11.3 Å². The molecule has 0 bridgehead atoms. The van der Waals surface area contributed by atoms with Gasteiger partial charge in [-0.25, -0.2) is 15.0 Å². The number of carbonyl (C=O) groups is 1. The highest BCUT2D eigenvalue weighted by Crippen LogP contribution is 2.40. The lowest BCUT2D eigenvalue weighted by atomic mass is 10.2. The van der Waals surface area contributed by atoms with Crippen molar-refractivity contribution in [1.82, 2.24) is 20.3 Å². The molecule has 0 aliphatic carbocycles. The molecular formula is C15H12N6OS. The first-order valence-corrected chi connectivity index (χ1v) is 7.89. The van der Waals surface area contributed by atoms with Crippen LogP contribution in [0.15, 0.2) is 35.7 Å². The van der Waals surface area contributed by atoms with Crippen LogP contribution < -0.4 is 10.6 Å². The summed E-state index contributed by atoms with van der Waals surface area (Å²) in [5.74, 6) is 0.459. The lowest BCUT2D eigenvalue weighted by Gasteiger charge is -2.09. The topological polar surface area (TPSA) is 92.2 Å². The number of hydrogen-bond acceptors (Lipinski definition) is 7. The Morgan fingerprint density at radius 2 is 2.22 bits per heavy atom. The van der Waals surface area contributed by atoms with E-state index in [9.17, 15) is 4.79 Å². The zero-order valence-corrected chi connectivity index (χ0v) is 12.8. The van der Waals surface area contributed by atoms with Crippen LogP contribution in [-0.4, -0.2) is 33.7 Å². The Kier molecular flexibility index (Phi) is 3.43. The van der Waals surface area contributed by atoms with Gasteiger partial charge in [-0.1, -0.05) is 6.07 Å². The first kappa shape index (κ1) is 13.8. The number of hydrogen-bond donors (Lipinski definition) is 2. The summed E-state index contributed by atoms with van der Waals surface area (Å²) in [7, 11) is 0. The first-order chi connectivity index (χ1) is 11.3. The Hall–Kier alpha value is -2.87. The van der Waals surface area contributed by atoms with E-state index in [-0.39, 0.29) is 5.91 Å². The first-order valence-electron chi connectivity index (χ1n) is 7.07. The average Bonchev–Trinajstić information content (AvgIpc) is 2.97. The van der Waals surface area contributed by atoms with Gasteiger partial charge in [-0.15, -0.1) is 11.3 Å². The van der Waals surface area contributed by atoms with Gasteiger partial charge in [0.1, 0.15) is 16.0 Å². The van der Waals surface area contributed by atoms with E-state index in [1.54, 1.807) is 12.5 Å². The third kappa shape index (κ3) is 2.53. The monoisotopic (exact) mass is 324 g/mol. The number of thiophene rings is 1. The van der Waals surface area contributed by atoms with Gasteiger partial charge in [-0.3, -0.25) is 9.78 Å². The number of nitrogens with one attached hydrogen (secondary N) is 2. The highest BCUT2D eigenvalue weighted by Gasteiger charge is 2.23. The van der Waals surface area contributed by atoms with E-state index < -0.39 is 0 Å². The van der Waals surface area contributed by atoms with Gasteiger partial charge in [-0.05, 0) is 12.1 Å². The summed E-state index contributed by atoms with van der Waals surface area (Å²) < 4.78 is 0. The summed E-state index contributed by atoms with van der Waals surface area (Å²) in [6.07, 6.45) is 5.44. The summed E-state index contributed by atoms with van der Waals surface area (Å²) in [5, 5.41) is 6.76. The van der Waals surface area contributed by atoms with Gasteiger partial charge in [0.25, 0.3) is 5.91 Å². The summed E-state index contributed by atoms with van der Waals surface area (Å²) >= 11 is 1.34. The van der Waals surface area contributed by atoms with Crippen molar-refractivity contribution in [2.75, 3.05) is 11.9 Å². The number of anilines is 1. The number of amides is 1. The summed E-state index contributed by atoms with van der Waals surface area (Å²) in [6.45, 7) is 0.524. The molecule has 7 nitrogen and oxygen atoms in total. The van der Waals surface area contributed by atoms with Crippen molar-refractivity contribution in [1.29, 1.82) is 0 Å². The zero-order valence-electron chi connectivity index (χ0n) is 12.0. The fraction of sp³-hybridized carbons (Fsp3) is 0.133. The number of rotatable bonds is 4. The van der Waals surface area contributed by atoms with E-state index in [0.29, 0.717) is 23.7 Å². The maximum atomic E-state index is 12.5. The fourth-order valence-electron chi connectivity index (χ4n) is 2.40. The molecule has 0 fully saturated rings. The minimum absolute atomic E-state index is 0.132. The van der Waals surface area contributed by atoms with Crippen LogP contribution in [0.5, 0.6) is 0 Å². The highest BCUT2D eigenvalue weighted by molar-refractivity contribution is 7.21. The van der Waals surface area contributed by atoms with E-state index in [1.165, 1.54) is 17.7 Å². The van der Waals surface area contributed by atoms with Gasteiger partial charge in [-0.2, -0.15) is 0 Å². The molecule has 1 aliphatic heterocycles. The molecule has 0 saturated carbocycles. The molecule has 0 aromatic carbocycles. The second-order valence-electron chi connectivity index (χ2n) is 4.91. The van der Waals surface area contributed by atoms with Crippen molar-refractivity contribution in [3.8, 4) is 0 Å². The van der Waals surface area contributed by atoms with Crippen molar-refractivity contribution in [2.24, 2.45) is 4.99 Å². The van der Waals surface area contributed by atoms with Crippen molar-refractivity contribution in [2.45, 2.75) is 6.42 Å². The van der Waals surface area contributed by atoms with Crippen LogP contribution in [0.1, 0.15) is 15.4 Å². The normalized spacial score (nSPS) is 12.2. The minimum Gasteiger partial charge on any atom is -0.351 e. The van der Waals surface area contributed by atoms with E-state index in [2.05, 4.69) is 30.6 Å². The summed E-state index contributed by atoms with van der Waals surface area (Å²) in [6, 6.07) is 5.74. The smallest absolute Gasteiger partial charge is 0.263 e. The van der Waals surface area contributed by atoms with Crippen LogP contribution in [-0.2, 0) is 6.42 Å². The number of pyridine rings is 1. The minimum atomic E-state index is -0.132. The molecule has 0 atom stereocenters. The molecule has 2 N–H and O–H groups in total. The molecule has 114 valence electrons. The zero-order chi connectivity index (χ0) is 15.6. The van der Waals surface area contributed by atoms with E-state index in [4.69, 9.17) is 0 Å². The molecule has 23 heavy (non-hydrogen) atoms. The molecular weight excluding hydrogens is 312 g/mol. The van der Waals surface area contributed by atoms with Gasteiger partial charge in [0.05, 0.1) is 17.4 Å². The Morgan fingerprint density at radius 3 is 3.09 bits per heavy atom. The predicted octanol–water partition coefficient (Wildman–Crippen LogP) is 2.14.